The van der Waals surface area contributed by atoms with Crippen molar-refractivity contribution in [2.75, 3.05) is 18.5 Å². The van der Waals surface area contributed by atoms with E-state index in [1.165, 1.54) is 18.7 Å². The average Bonchev–Trinajstić information content (AvgIpc) is 2.73. The van der Waals surface area contributed by atoms with Crippen LogP contribution in [-0.2, 0) is 14.1 Å². The maximum Gasteiger partial charge on any atom is 0.333 e. The topological polar surface area (TPSA) is 130 Å². The summed E-state index contributed by atoms with van der Waals surface area (Å²) in [4.78, 5) is 27.1. The Balaban J connectivity index is 2.17. The van der Waals surface area contributed by atoms with E-state index in [4.69, 9.17) is 15.7 Å². The van der Waals surface area contributed by atoms with Gasteiger partial charge in [-0.05, 0) is 17.7 Å². The van der Waals surface area contributed by atoms with Crippen molar-refractivity contribution in [3.8, 4) is 18.0 Å². The fourth-order valence-corrected chi connectivity index (χ4v) is 3.39. The third-order valence-electron chi connectivity index (χ3n) is 5.04. The minimum atomic E-state index is -0.757. The molecule has 2 heterocycles. The number of ether oxygens (including phenoxy) is 1. The third-order valence-corrected chi connectivity index (χ3v) is 5.04. The molecule has 148 valence electrons. The number of anilines is 1. The smallest absolute Gasteiger partial charge is 0.333 e. The molecule has 1 aromatic heterocycles. The molecule has 0 aliphatic carbocycles. The van der Waals surface area contributed by atoms with E-state index >= 15 is 0 Å². The average molecular weight is 392 g/mol. The number of aromatic nitrogens is 2. The standard InChI is InChI=1S/C20H20N6O3/c1-24(10-4-9-21)13-7-5-12(6-8-13)15-14(11-22)17(23)29-19-16(15)18(27)25(2)20(28)26(19)3/h5-8,15H,4,10,23H2,1-3H3. The molecule has 0 spiro atoms. The lowest BCUT2D eigenvalue weighted by molar-refractivity contribution is 0.348. The Morgan fingerprint density at radius 3 is 2.41 bits per heavy atom. The van der Waals surface area contributed by atoms with Gasteiger partial charge in [0.25, 0.3) is 5.56 Å². The van der Waals surface area contributed by atoms with Gasteiger partial charge in [0, 0.05) is 33.4 Å². The van der Waals surface area contributed by atoms with Crippen LogP contribution in [0.1, 0.15) is 23.5 Å². The summed E-state index contributed by atoms with van der Waals surface area (Å²) in [7, 11) is 4.73. The van der Waals surface area contributed by atoms with E-state index in [-0.39, 0.29) is 22.9 Å². The normalized spacial score (nSPS) is 15.1. The number of nitriles is 2. The van der Waals surface area contributed by atoms with Crippen molar-refractivity contribution in [3.05, 3.63) is 67.7 Å². The molecule has 0 saturated heterocycles. The molecule has 9 heteroatoms. The number of allylic oxidation sites excluding steroid dienone is 1. The van der Waals surface area contributed by atoms with Crippen LogP contribution < -0.4 is 26.6 Å². The molecule has 1 aromatic carbocycles. The summed E-state index contributed by atoms with van der Waals surface area (Å²) in [6, 6.07) is 11.4. The maximum absolute atomic E-state index is 12.9. The Hall–Kier alpha value is -3.98. The predicted molar refractivity (Wildman–Crippen MR) is 106 cm³/mol. The molecule has 9 nitrogen and oxygen atoms in total. The number of rotatable bonds is 4. The first-order valence-corrected chi connectivity index (χ1v) is 8.87. The molecule has 29 heavy (non-hydrogen) atoms. The number of hydrogen-bond acceptors (Lipinski definition) is 7. The van der Waals surface area contributed by atoms with Gasteiger partial charge >= 0.3 is 5.69 Å². The number of benzene rings is 1. The second kappa shape index (κ2) is 7.56. The van der Waals surface area contributed by atoms with Crippen molar-refractivity contribution in [2.24, 2.45) is 19.8 Å². The number of fused-ring (bicyclic) bond motifs is 1. The van der Waals surface area contributed by atoms with E-state index in [1.54, 1.807) is 12.1 Å². The maximum atomic E-state index is 12.9. The third kappa shape index (κ3) is 3.23. The Morgan fingerprint density at radius 2 is 1.83 bits per heavy atom. The van der Waals surface area contributed by atoms with Gasteiger partial charge in [-0.3, -0.25) is 13.9 Å². The molecule has 0 amide bonds. The highest BCUT2D eigenvalue weighted by Crippen LogP contribution is 2.39. The summed E-state index contributed by atoms with van der Waals surface area (Å²) >= 11 is 0. The molecule has 1 aliphatic heterocycles. The van der Waals surface area contributed by atoms with Crippen molar-refractivity contribution >= 4 is 5.69 Å². The summed E-state index contributed by atoms with van der Waals surface area (Å²) in [6.07, 6.45) is 0.396. The molecule has 0 bridgehead atoms. The predicted octanol–water partition coefficient (Wildman–Crippen LogP) is 0.652. The van der Waals surface area contributed by atoms with Crippen LogP contribution in [0, 0.1) is 22.7 Å². The van der Waals surface area contributed by atoms with Gasteiger partial charge in [0.15, 0.2) is 0 Å². The Bertz CT molecular complexity index is 1190. The van der Waals surface area contributed by atoms with Gasteiger partial charge in [0.1, 0.15) is 11.6 Å². The molecule has 1 atom stereocenters. The van der Waals surface area contributed by atoms with Gasteiger partial charge in [-0.1, -0.05) is 12.1 Å². The Kier molecular flexibility index (Phi) is 5.16. The van der Waals surface area contributed by atoms with Crippen LogP contribution in [0.5, 0.6) is 5.88 Å². The molecule has 1 unspecified atom stereocenters. The van der Waals surface area contributed by atoms with Gasteiger partial charge in [-0.15, -0.1) is 0 Å². The minimum Gasteiger partial charge on any atom is -0.423 e. The van der Waals surface area contributed by atoms with Crippen LogP contribution >= 0.6 is 0 Å². The first kappa shape index (κ1) is 19.8. The van der Waals surface area contributed by atoms with E-state index in [9.17, 15) is 14.9 Å². The van der Waals surface area contributed by atoms with Crippen LogP contribution in [0.3, 0.4) is 0 Å². The van der Waals surface area contributed by atoms with E-state index in [0.29, 0.717) is 18.5 Å². The van der Waals surface area contributed by atoms with E-state index < -0.39 is 17.2 Å². The van der Waals surface area contributed by atoms with E-state index in [0.717, 1.165) is 10.3 Å². The first-order chi connectivity index (χ1) is 13.8. The zero-order valence-corrected chi connectivity index (χ0v) is 16.3. The lowest BCUT2D eigenvalue weighted by Crippen LogP contribution is -2.42. The molecule has 2 N–H and O–H groups in total. The molecule has 0 radical (unpaired) electrons. The zero-order valence-electron chi connectivity index (χ0n) is 16.3. The fourth-order valence-electron chi connectivity index (χ4n) is 3.39. The molecule has 0 fully saturated rings. The van der Waals surface area contributed by atoms with Gasteiger partial charge in [-0.2, -0.15) is 10.5 Å². The number of hydrogen-bond donors (Lipinski definition) is 1. The van der Waals surface area contributed by atoms with Crippen LogP contribution in [0.15, 0.2) is 45.3 Å². The second-order valence-corrected chi connectivity index (χ2v) is 6.77. The first-order valence-electron chi connectivity index (χ1n) is 8.87. The lowest BCUT2D eigenvalue weighted by atomic mass is 9.85. The molecule has 2 aromatic rings. The van der Waals surface area contributed by atoms with Crippen molar-refractivity contribution in [1.82, 2.24) is 9.13 Å². The highest BCUT2D eigenvalue weighted by molar-refractivity contribution is 5.56. The van der Waals surface area contributed by atoms with Crippen molar-refractivity contribution in [1.29, 1.82) is 10.5 Å². The van der Waals surface area contributed by atoms with Gasteiger partial charge < -0.3 is 15.4 Å². The number of nitrogens with two attached hydrogens (primary N) is 1. The van der Waals surface area contributed by atoms with Crippen molar-refractivity contribution in [2.45, 2.75) is 12.3 Å². The lowest BCUT2D eigenvalue weighted by Gasteiger charge is -2.27. The highest BCUT2D eigenvalue weighted by Gasteiger charge is 2.35. The Labute approximate surface area is 167 Å². The quantitative estimate of drug-likeness (QED) is 0.808. The summed E-state index contributed by atoms with van der Waals surface area (Å²) in [5, 5.41) is 18.4. The second-order valence-electron chi connectivity index (χ2n) is 6.77. The fraction of sp³-hybridized carbons (Fsp3) is 0.300. The Morgan fingerprint density at radius 1 is 1.17 bits per heavy atom. The number of nitrogens with zero attached hydrogens (tertiary/aromatic N) is 5. The van der Waals surface area contributed by atoms with Crippen LogP contribution in [0.25, 0.3) is 0 Å². The monoisotopic (exact) mass is 392 g/mol. The van der Waals surface area contributed by atoms with Crippen LogP contribution in [-0.4, -0.2) is 22.7 Å². The summed E-state index contributed by atoms with van der Waals surface area (Å²) in [6.45, 7) is 0.578. The van der Waals surface area contributed by atoms with Gasteiger partial charge in [0.2, 0.25) is 11.8 Å². The van der Waals surface area contributed by atoms with E-state index in [1.807, 2.05) is 30.1 Å². The molecule has 1 aliphatic rings. The summed E-state index contributed by atoms with van der Waals surface area (Å²) < 4.78 is 7.67. The molecule has 3 rings (SSSR count). The van der Waals surface area contributed by atoms with Gasteiger partial charge in [-0.25, -0.2) is 4.79 Å². The molecular weight excluding hydrogens is 372 g/mol. The van der Waals surface area contributed by atoms with Crippen LogP contribution in [0.4, 0.5) is 5.69 Å². The van der Waals surface area contributed by atoms with Crippen molar-refractivity contribution < 1.29 is 4.74 Å². The summed E-state index contributed by atoms with van der Waals surface area (Å²) in [5.74, 6) is -0.856. The van der Waals surface area contributed by atoms with Gasteiger partial charge in [0.05, 0.1) is 24.0 Å². The SMILES string of the molecule is CN(CCC#N)c1ccc(C2C(C#N)=C(N)Oc3c2c(=O)n(C)c(=O)n3C)cc1. The van der Waals surface area contributed by atoms with E-state index in [2.05, 4.69) is 6.07 Å². The highest BCUT2D eigenvalue weighted by atomic mass is 16.5. The largest absolute Gasteiger partial charge is 0.423 e. The van der Waals surface area contributed by atoms with Crippen molar-refractivity contribution in [3.63, 3.8) is 0 Å². The summed E-state index contributed by atoms with van der Waals surface area (Å²) in [5.41, 5.74) is 6.71. The van der Waals surface area contributed by atoms with Crippen LogP contribution in [0.2, 0.25) is 0 Å². The molecular formula is C20H20N6O3. The molecule has 0 saturated carbocycles. The minimum absolute atomic E-state index is 0.0369. The zero-order chi connectivity index (χ0) is 21.3.